The molecule has 2 bridgehead atoms. The number of carbonyl (C=O) groups excluding carboxylic acids is 2. The summed E-state index contributed by atoms with van der Waals surface area (Å²) in [6.07, 6.45) is 8.60. The third-order valence-electron chi connectivity index (χ3n) is 9.25. The van der Waals surface area contributed by atoms with Gasteiger partial charge in [0.2, 0.25) is 0 Å². The van der Waals surface area contributed by atoms with E-state index in [9.17, 15) is 9.59 Å². The summed E-state index contributed by atoms with van der Waals surface area (Å²) in [5.74, 6) is 1.39. The number of ether oxygens (including phenoxy) is 3. The molecule has 0 radical (unpaired) electrons. The van der Waals surface area contributed by atoms with Gasteiger partial charge in [0.1, 0.15) is 11.4 Å². The summed E-state index contributed by atoms with van der Waals surface area (Å²) in [7, 11) is 1.72. The quantitative estimate of drug-likeness (QED) is 0.501. The number of benzene rings is 1. The maximum Gasteiger partial charge on any atom is 0.307 e. The van der Waals surface area contributed by atoms with E-state index in [1.165, 1.54) is 25.0 Å². The molecule has 3 saturated carbocycles. The van der Waals surface area contributed by atoms with Crippen molar-refractivity contribution in [3.63, 3.8) is 0 Å². The Morgan fingerprint density at radius 1 is 1.10 bits per heavy atom. The van der Waals surface area contributed by atoms with Crippen LogP contribution < -0.4 is 4.74 Å². The minimum absolute atomic E-state index is 0.0645. The van der Waals surface area contributed by atoms with Gasteiger partial charge >= 0.3 is 11.9 Å². The van der Waals surface area contributed by atoms with Crippen molar-refractivity contribution in [1.82, 2.24) is 0 Å². The zero-order valence-electron chi connectivity index (χ0n) is 19.0. The van der Waals surface area contributed by atoms with E-state index in [0.717, 1.165) is 56.3 Å². The Morgan fingerprint density at radius 2 is 1.90 bits per heavy atom. The molecule has 1 aromatic carbocycles. The van der Waals surface area contributed by atoms with Crippen molar-refractivity contribution in [2.75, 3.05) is 7.11 Å². The van der Waals surface area contributed by atoms with E-state index in [1.54, 1.807) is 13.4 Å². The summed E-state index contributed by atoms with van der Waals surface area (Å²) in [6.45, 7) is 5.24. The van der Waals surface area contributed by atoms with Gasteiger partial charge in [-0.3, -0.25) is 9.59 Å². The lowest BCUT2D eigenvalue weighted by atomic mass is 9.48. The van der Waals surface area contributed by atoms with E-state index in [-0.39, 0.29) is 22.8 Å². The minimum Gasteiger partial charge on any atom is -0.497 e. The third-order valence-corrected chi connectivity index (χ3v) is 9.25. The van der Waals surface area contributed by atoms with Gasteiger partial charge in [0.15, 0.2) is 0 Å². The maximum absolute atomic E-state index is 12.2. The van der Waals surface area contributed by atoms with Gasteiger partial charge in [0.05, 0.1) is 13.4 Å². The molecular weight excluding hydrogens is 392 g/mol. The summed E-state index contributed by atoms with van der Waals surface area (Å²) in [5.41, 5.74) is 3.15. The van der Waals surface area contributed by atoms with Crippen molar-refractivity contribution < 1.29 is 23.8 Å². The Kier molecular flexibility index (Phi) is 4.55. The van der Waals surface area contributed by atoms with Gasteiger partial charge in [-0.05, 0) is 85.5 Å². The van der Waals surface area contributed by atoms with Crippen LogP contribution in [0.3, 0.4) is 0 Å². The average Bonchev–Trinajstić information content (AvgIpc) is 3.11. The first-order chi connectivity index (χ1) is 14.8. The Balaban J connectivity index is 1.59. The molecule has 5 heteroatoms. The first kappa shape index (κ1) is 20.6. The predicted octanol–water partition coefficient (Wildman–Crippen LogP) is 5.07. The number of aryl methyl sites for hydroxylation is 1. The molecular formula is C26H32O5. The van der Waals surface area contributed by atoms with Gasteiger partial charge in [-0.1, -0.05) is 13.0 Å². The fourth-order valence-electron chi connectivity index (χ4n) is 8.05. The number of fused-ring (bicyclic) bond motifs is 3. The second-order valence-electron chi connectivity index (χ2n) is 10.2. The van der Waals surface area contributed by atoms with E-state index >= 15 is 0 Å². The van der Waals surface area contributed by atoms with Crippen LogP contribution in [0.2, 0.25) is 0 Å². The van der Waals surface area contributed by atoms with Crippen molar-refractivity contribution in [1.29, 1.82) is 0 Å². The van der Waals surface area contributed by atoms with Crippen molar-refractivity contribution in [3.05, 3.63) is 41.2 Å². The van der Waals surface area contributed by atoms with E-state index in [1.807, 2.05) is 0 Å². The number of hydrogen-bond acceptors (Lipinski definition) is 5. The highest BCUT2D eigenvalue weighted by Crippen LogP contribution is 2.79. The molecule has 0 aliphatic heterocycles. The van der Waals surface area contributed by atoms with Crippen LogP contribution in [-0.4, -0.2) is 24.6 Å². The molecule has 1 aromatic rings. The smallest absolute Gasteiger partial charge is 0.307 e. The lowest BCUT2D eigenvalue weighted by Crippen LogP contribution is -2.53. The Labute approximate surface area is 184 Å². The molecule has 0 spiro atoms. The number of hydrogen-bond donors (Lipinski definition) is 0. The first-order valence-electron chi connectivity index (χ1n) is 11.5. The number of rotatable bonds is 3. The van der Waals surface area contributed by atoms with Crippen LogP contribution >= 0.6 is 0 Å². The topological polar surface area (TPSA) is 61.8 Å². The fraction of sp³-hybridized carbons (Fsp3) is 0.615. The SMILES string of the molecule is COc1ccc2c(c1)CC[C@@H]1[C@@H]2CC[C@@]2(C)[C@]13CC[C@@]2(OC(C)=O)C(=COC(C)=O)C3. The van der Waals surface area contributed by atoms with Gasteiger partial charge in [-0.15, -0.1) is 0 Å². The fourth-order valence-corrected chi connectivity index (χ4v) is 8.05. The molecule has 0 saturated heterocycles. The molecule has 4 aliphatic rings. The van der Waals surface area contributed by atoms with Crippen LogP contribution in [0, 0.1) is 16.7 Å². The largest absolute Gasteiger partial charge is 0.497 e. The van der Waals surface area contributed by atoms with Crippen molar-refractivity contribution in [2.24, 2.45) is 16.7 Å². The van der Waals surface area contributed by atoms with Crippen LogP contribution in [0.5, 0.6) is 5.75 Å². The molecule has 0 N–H and O–H groups in total. The maximum atomic E-state index is 12.2. The summed E-state index contributed by atoms with van der Waals surface area (Å²) >= 11 is 0. The summed E-state index contributed by atoms with van der Waals surface area (Å²) in [4.78, 5) is 23.8. The second-order valence-corrected chi connectivity index (χ2v) is 10.2. The third kappa shape index (κ3) is 2.61. The zero-order chi connectivity index (χ0) is 22.0. The highest BCUT2D eigenvalue weighted by atomic mass is 16.6. The normalized spacial score (nSPS) is 38.8. The molecule has 5 rings (SSSR count). The molecule has 31 heavy (non-hydrogen) atoms. The van der Waals surface area contributed by atoms with E-state index < -0.39 is 5.60 Å². The van der Waals surface area contributed by atoms with Gasteiger partial charge in [-0.25, -0.2) is 0 Å². The van der Waals surface area contributed by atoms with Crippen LogP contribution in [0.1, 0.15) is 76.3 Å². The lowest BCUT2D eigenvalue weighted by Gasteiger charge is -2.56. The van der Waals surface area contributed by atoms with Gasteiger partial charge in [-0.2, -0.15) is 0 Å². The van der Waals surface area contributed by atoms with Crippen LogP contribution in [0.4, 0.5) is 0 Å². The van der Waals surface area contributed by atoms with Crippen molar-refractivity contribution >= 4 is 11.9 Å². The second kappa shape index (κ2) is 6.85. The summed E-state index contributed by atoms with van der Waals surface area (Å²) in [6, 6.07) is 6.56. The molecule has 0 aromatic heterocycles. The van der Waals surface area contributed by atoms with E-state index in [0.29, 0.717) is 11.8 Å². The molecule has 0 unspecified atom stereocenters. The van der Waals surface area contributed by atoms with Crippen molar-refractivity contribution in [2.45, 2.75) is 77.2 Å². The number of methoxy groups -OCH3 is 1. The molecule has 5 nitrogen and oxygen atoms in total. The van der Waals surface area contributed by atoms with Gasteiger partial charge in [0, 0.05) is 24.8 Å². The summed E-state index contributed by atoms with van der Waals surface area (Å²) in [5, 5.41) is 0. The van der Waals surface area contributed by atoms with Gasteiger partial charge < -0.3 is 14.2 Å². The standard InChI is InChI=1S/C26H32O5/c1-16(27)30-15-19-14-25-11-12-26(19,31-17(2)28)24(25,3)10-9-22-21-7-6-20(29-4)13-18(21)5-8-23(22)25/h6-7,13,15,22-23H,5,8-12,14H2,1-4H3/t22-,23-,24+,25+,26-/m1/s1. The molecule has 0 heterocycles. The minimum atomic E-state index is -0.653. The van der Waals surface area contributed by atoms with E-state index in [4.69, 9.17) is 14.2 Å². The van der Waals surface area contributed by atoms with Gasteiger partial charge in [0.25, 0.3) is 0 Å². The Hall–Kier alpha value is -2.30. The molecule has 0 amide bonds. The van der Waals surface area contributed by atoms with Crippen LogP contribution in [0.15, 0.2) is 30.0 Å². The van der Waals surface area contributed by atoms with Crippen molar-refractivity contribution in [3.8, 4) is 5.75 Å². The molecule has 4 aliphatic carbocycles. The average molecular weight is 425 g/mol. The molecule has 5 atom stereocenters. The zero-order valence-corrected chi connectivity index (χ0v) is 19.0. The van der Waals surface area contributed by atoms with Crippen LogP contribution in [-0.2, 0) is 25.5 Å². The lowest BCUT2D eigenvalue weighted by molar-refractivity contribution is -0.169. The molecule has 3 fully saturated rings. The molecule has 166 valence electrons. The van der Waals surface area contributed by atoms with E-state index in [2.05, 4.69) is 25.1 Å². The summed E-state index contributed by atoms with van der Waals surface area (Å²) < 4.78 is 17.0. The Morgan fingerprint density at radius 3 is 2.61 bits per heavy atom. The number of esters is 2. The Bertz CT molecular complexity index is 980. The predicted molar refractivity (Wildman–Crippen MR) is 116 cm³/mol. The monoisotopic (exact) mass is 424 g/mol. The number of carbonyl (C=O) groups is 2. The highest BCUT2D eigenvalue weighted by Gasteiger charge is 2.77. The van der Waals surface area contributed by atoms with Crippen LogP contribution in [0.25, 0.3) is 0 Å². The highest BCUT2D eigenvalue weighted by molar-refractivity contribution is 5.69. The first-order valence-corrected chi connectivity index (χ1v) is 11.5.